The van der Waals surface area contributed by atoms with E-state index in [1.807, 2.05) is 6.07 Å². The molecular formula is C13H13N3OS. The van der Waals surface area contributed by atoms with Crippen molar-refractivity contribution in [3.63, 3.8) is 0 Å². The molecule has 3 rings (SSSR count). The quantitative estimate of drug-likeness (QED) is 0.825. The third-order valence-corrected chi connectivity index (χ3v) is 4.18. The van der Waals surface area contributed by atoms with E-state index in [9.17, 15) is 4.79 Å². The molecule has 0 aliphatic carbocycles. The van der Waals surface area contributed by atoms with Crippen LogP contribution >= 0.6 is 11.3 Å². The number of thiophene rings is 1. The third kappa shape index (κ3) is 1.76. The molecule has 1 saturated heterocycles. The maximum absolute atomic E-state index is 11.7. The Labute approximate surface area is 109 Å². The summed E-state index contributed by atoms with van der Waals surface area (Å²) in [6, 6.07) is 8.18. The Kier molecular flexibility index (Phi) is 2.56. The summed E-state index contributed by atoms with van der Waals surface area (Å²) in [5.74, 6) is 0.149. The van der Waals surface area contributed by atoms with Gasteiger partial charge in [0.1, 0.15) is 0 Å². The molecule has 4 nitrogen and oxygen atoms in total. The summed E-state index contributed by atoms with van der Waals surface area (Å²) < 4.78 is 1.24. The number of nitrogens with one attached hydrogen (secondary N) is 2. The monoisotopic (exact) mass is 259 g/mol. The van der Waals surface area contributed by atoms with E-state index < -0.39 is 0 Å². The van der Waals surface area contributed by atoms with Gasteiger partial charge in [-0.2, -0.15) is 0 Å². The van der Waals surface area contributed by atoms with Gasteiger partial charge in [-0.1, -0.05) is 6.07 Å². The zero-order valence-electron chi connectivity index (χ0n) is 9.93. The summed E-state index contributed by atoms with van der Waals surface area (Å²) in [6.07, 6.45) is 0.397. The molecule has 1 aliphatic rings. The van der Waals surface area contributed by atoms with Gasteiger partial charge in [-0.15, -0.1) is 11.3 Å². The van der Waals surface area contributed by atoms with E-state index in [4.69, 9.17) is 5.41 Å². The van der Waals surface area contributed by atoms with Crippen molar-refractivity contribution in [2.24, 2.45) is 0 Å². The Balaban J connectivity index is 1.94. The Hall–Kier alpha value is -1.88. The number of guanidine groups is 1. The highest BCUT2D eigenvalue weighted by atomic mass is 32.1. The molecule has 0 radical (unpaired) electrons. The van der Waals surface area contributed by atoms with Crippen molar-refractivity contribution in [2.45, 2.75) is 12.5 Å². The summed E-state index contributed by atoms with van der Waals surface area (Å²) in [5, 5.41) is 14.0. The van der Waals surface area contributed by atoms with Crippen LogP contribution in [0.3, 0.4) is 0 Å². The van der Waals surface area contributed by atoms with Gasteiger partial charge in [0.25, 0.3) is 0 Å². The Bertz CT molecular complexity index is 616. The molecule has 1 atom stereocenters. The van der Waals surface area contributed by atoms with E-state index in [0.29, 0.717) is 6.42 Å². The van der Waals surface area contributed by atoms with Crippen molar-refractivity contribution in [3.05, 3.63) is 35.2 Å². The second-order valence-corrected chi connectivity index (χ2v) is 5.37. The Morgan fingerprint density at radius 3 is 3.06 bits per heavy atom. The van der Waals surface area contributed by atoms with Crippen LogP contribution in [0.4, 0.5) is 0 Å². The molecule has 1 amide bonds. The molecule has 0 bridgehead atoms. The fourth-order valence-corrected chi connectivity index (χ4v) is 2.92. The number of rotatable bonds is 1. The highest BCUT2D eigenvalue weighted by Crippen LogP contribution is 2.27. The molecule has 1 fully saturated rings. The maximum atomic E-state index is 11.7. The lowest BCUT2D eigenvalue weighted by atomic mass is 10.0. The van der Waals surface area contributed by atoms with Crippen molar-refractivity contribution in [1.29, 1.82) is 5.41 Å². The van der Waals surface area contributed by atoms with E-state index in [-0.39, 0.29) is 17.9 Å². The highest BCUT2D eigenvalue weighted by Gasteiger charge is 2.27. The molecule has 0 unspecified atom stereocenters. The minimum atomic E-state index is -0.0921. The highest BCUT2D eigenvalue weighted by molar-refractivity contribution is 7.17. The first-order valence-electron chi connectivity index (χ1n) is 5.74. The second kappa shape index (κ2) is 4.10. The van der Waals surface area contributed by atoms with E-state index in [0.717, 1.165) is 5.56 Å². The van der Waals surface area contributed by atoms with Gasteiger partial charge in [-0.3, -0.25) is 15.1 Å². The van der Waals surface area contributed by atoms with Gasteiger partial charge in [-0.05, 0) is 34.5 Å². The van der Waals surface area contributed by atoms with E-state index in [2.05, 4.69) is 28.9 Å². The number of hydrogen-bond acceptors (Lipinski definition) is 3. The predicted octanol–water partition coefficient (Wildman–Crippen LogP) is 2.33. The molecule has 5 heteroatoms. The first kappa shape index (κ1) is 11.2. The maximum Gasteiger partial charge on any atom is 0.231 e. The van der Waals surface area contributed by atoms with Crippen molar-refractivity contribution < 1.29 is 4.79 Å². The van der Waals surface area contributed by atoms with Gasteiger partial charge in [0.15, 0.2) is 5.96 Å². The fourth-order valence-electron chi connectivity index (χ4n) is 2.15. The van der Waals surface area contributed by atoms with Crippen LogP contribution in [0.15, 0.2) is 29.6 Å². The topological polar surface area (TPSA) is 56.2 Å². The van der Waals surface area contributed by atoms with Gasteiger partial charge in [0.2, 0.25) is 5.91 Å². The summed E-state index contributed by atoms with van der Waals surface area (Å²) in [6.45, 7) is 0. The van der Waals surface area contributed by atoms with E-state index >= 15 is 0 Å². The van der Waals surface area contributed by atoms with Gasteiger partial charge >= 0.3 is 0 Å². The van der Waals surface area contributed by atoms with Crippen LogP contribution in [0.25, 0.3) is 10.1 Å². The van der Waals surface area contributed by atoms with Crippen molar-refractivity contribution in [1.82, 2.24) is 10.2 Å². The number of carbonyl (C=O) groups is 1. The zero-order chi connectivity index (χ0) is 12.7. The molecule has 0 spiro atoms. The fraction of sp³-hybridized carbons (Fsp3) is 0.231. The number of carbonyl (C=O) groups excluding carboxylic acids is 1. The first-order valence-corrected chi connectivity index (χ1v) is 6.62. The van der Waals surface area contributed by atoms with Gasteiger partial charge in [0.05, 0.1) is 12.5 Å². The molecular weight excluding hydrogens is 246 g/mol. The van der Waals surface area contributed by atoms with Crippen molar-refractivity contribution >= 4 is 33.3 Å². The molecule has 2 aromatic rings. The SMILES string of the molecule is CN1C(=N)N[C@H](c2ccc3sccc3c2)CC1=O. The second-order valence-electron chi connectivity index (χ2n) is 4.42. The summed E-state index contributed by atoms with van der Waals surface area (Å²) >= 11 is 1.71. The van der Waals surface area contributed by atoms with Gasteiger partial charge in [0, 0.05) is 11.7 Å². The number of benzene rings is 1. The van der Waals surface area contributed by atoms with Gasteiger partial charge in [-0.25, -0.2) is 0 Å². The standard InChI is InChI=1S/C13H13N3OS/c1-16-12(17)7-10(15-13(16)14)8-2-3-11-9(6-8)4-5-18-11/h2-6,10H,7H2,1H3,(H2,14,15)/t10-/m0/s1. The Morgan fingerprint density at radius 1 is 1.44 bits per heavy atom. The van der Waals surface area contributed by atoms with Crippen LogP contribution in [0.2, 0.25) is 0 Å². The molecule has 2 heterocycles. The molecule has 1 aromatic heterocycles. The van der Waals surface area contributed by atoms with Gasteiger partial charge < -0.3 is 5.32 Å². The predicted molar refractivity (Wildman–Crippen MR) is 72.8 cm³/mol. The van der Waals surface area contributed by atoms with E-state index in [1.165, 1.54) is 15.0 Å². The Morgan fingerprint density at radius 2 is 2.28 bits per heavy atom. The molecule has 0 saturated carbocycles. The molecule has 1 aliphatic heterocycles. The number of nitrogens with zero attached hydrogens (tertiary/aromatic N) is 1. The minimum absolute atomic E-state index is 0.0193. The third-order valence-electron chi connectivity index (χ3n) is 3.28. The minimum Gasteiger partial charge on any atom is -0.349 e. The molecule has 2 N–H and O–H groups in total. The average Bonchev–Trinajstić information content (AvgIpc) is 2.82. The van der Waals surface area contributed by atoms with Crippen LogP contribution in [0, 0.1) is 5.41 Å². The molecule has 1 aromatic carbocycles. The van der Waals surface area contributed by atoms with Crippen molar-refractivity contribution in [2.75, 3.05) is 7.05 Å². The molecule has 18 heavy (non-hydrogen) atoms. The van der Waals surface area contributed by atoms with E-state index in [1.54, 1.807) is 18.4 Å². The number of hydrogen-bond donors (Lipinski definition) is 2. The lowest BCUT2D eigenvalue weighted by molar-refractivity contribution is -0.128. The summed E-state index contributed by atoms with van der Waals surface area (Å²) in [5.41, 5.74) is 1.06. The van der Waals surface area contributed by atoms with Crippen molar-refractivity contribution in [3.8, 4) is 0 Å². The van der Waals surface area contributed by atoms with Crippen LogP contribution in [0.1, 0.15) is 18.0 Å². The van der Waals surface area contributed by atoms with Crippen LogP contribution in [0.5, 0.6) is 0 Å². The summed E-state index contributed by atoms with van der Waals surface area (Å²) in [4.78, 5) is 13.1. The lowest BCUT2D eigenvalue weighted by Gasteiger charge is -2.31. The zero-order valence-corrected chi connectivity index (χ0v) is 10.8. The lowest BCUT2D eigenvalue weighted by Crippen LogP contribution is -2.49. The first-order chi connectivity index (χ1) is 8.65. The largest absolute Gasteiger partial charge is 0.349 e. The van der Waals surface area contributed by atoms with Crippen LogP contribution in [-0.4, -0.2) is 23.8 Å². The average molecular weight is 259 g/mol. The number of amides is 1. The van der Waals surface area contributed by atoms with Crippen LogP contribution in [-0.2, 0) is 4.79 Å². The normalized spacial score (nSPS) is 20.3. The number of fused-ring (bicyclic) bond motifs is 1. The van der Waals surface area contributed by atoms with Crippen LogP contribution < -0.4 is 5.32 Å². The molecule has 92 valence electrons. The smallest absolute Gasteiger partial charge is 0.231 e. The summed E-state index contributed by atoms with van der Waals surface area (Å²) in [7, 11) is 1.62.